The lowest BCUT2D eigenvalue weighted by molar-refractivity contribution is -0.131. The summed E-state index contributed by atoms with van der Waals surface area (Å²) in [4.78, 5) is 41.9. The zero-order chi connectivity index (χ0) is 28.0. The fraction of sp³-hybridized carbons (Fsp3) is 0.516. The van der Waals surface area contributed by atoms with Crippen molar-refractivity contribution in [3.05, 3.63) is 65.7 Å². The molecule has 0 bridgehead atoms. The van der Waals surface area contributed by atoms with Gasteiger partial charge < -0.3 is 20.7 Å². The van der Waals surface area contributed by atoms with Gasteiger partial charge in [0, 0.05) is 26.1 Å². The molecular formula is C31H44N4O4. The van der Waals surface area contributed by atoms with E-state index < -0.39 is 18.1 Å². The fourth-order valence-electron chi connectivity index (χ4n) is 4.70. The van der Waals surface area contributed by atoms with Gasteiger partial charge in [-0.15, -0.1) is 0 Å². The fourth-order valence-corrected chi connectivity index (χ4v) is 4.70. The van der Waals surface area contributed by atoms with Crippen LogP contribution in [0.15, 0.2) is 54.6 Å². The van der Waals surface area contributed by atoms with Gasteiger partial charge in [0.15, 0.2) is 0 Å². The molecule has 2 atom stereocenters. The van der Waals surface area contributed by atoms with Crippen molar-refractivity contribution >= 4 is 17.8 Å². The standard InChI is InChI=1S/C31H44N4O4/c1-4-5-19-35-30(37)27(21-23(2)3)32-18-20-39-28-16-10-9-14-25(28)15-11-17-33-29(36)26(34-31(35)38)22-24-12-7-6-8-13-24/h6-10,12-14,16,23,26-27,32H,4-5,11,15,17-22H2,1-3H3,(H,33,36)(H,34,38)/t26-,27-/m0/s1. The number of unbranched alkanes of at least 4 members (excludes halogenated alkanes) is 1. The third kappa shape index (κ3) is 9.70. The molecule has 3 rings (SSSR count). The summed E-state index contributed by atoms with van der Waals surface area (Å²) in [5.41, 5.74) is 2.01. The molecule has 8 heteroatoms. The van der Waals surface area contributed by atoms with E-state index in [1.165, 1.54) is 4.90 Å². The van der Waals surface area contributed by atoms with Crippen LogP contribution < -0.4 is 20.7 Å². The number of benzene rings is 2. The average molecular weight is 537 g/mol. The Labute approximate surface area is 232 Å². The first-order valence-corrected chi connectivity index (χ1v) is 14.3. The van der Waals surface area contributed by atoms with Crippen LogP contribution in [0.25, 0.3) is 0 Å². The Morgan fingerprint density at radius 3 is 2.46 bits per heavy atom. The maximum Gasteiger partial charge on any atom is 0.324 e. The van der Waals surface area contributed by atoms with Crippen molar-refractivity contribution in [3.8, 4) is 5.75 Å². The maximum atomic E-state index is 13.8. The molecule has 39 heavy (non-hydrogen) atoms. The summed E-state index contributed by atoms with van der Waals surface area (Å²) in [6.45, 7) is 7.76. The van der Waals surface area contributed by atoms with E-state index in [-0.39, 0.29) is 17.7 Å². The van der Waals surface area contributed by atoms with Gasteiger partial charge in [0.05, 0.1) is 6.04 Å². The Morgan fingerprint density at radius 2 is 1.72 bits per heavy atom. The zero-order valence-electron chi connectivity index (χ0n) is 23.6. The summed E-state index contributed by atoms with van der Waals surface area (Å²) >= 11 is 0. The van der Waals surface area contributed by atoms with Crippen LogP contribution in [-0.4, -0.2) is 61.1 Å². The maximum absolute atomic E-state index is 13.8. The highest BCUT2D eigenvalue weighted by Gasteiger charge is 2.31. The Hall–Kier alpha value is -3.39. The van der Waals surface area contributed by atoms with Gasteiger partial charge in [0.1, 0.15) is 18.4 Å². The number of fused-ring (bicyclic) bond motifs is 1. The van der Waals surface area contributed by atoms with Gasteiger partial charge in [0.2, 0.25) is 11.8 Å². The number of nitrogens with one attached hydrogen (secondary N) is 3. The Balaban J connectivity index is 1.89. The predicted molar refractivity (Wildman–Crippen MR) is 154 cm³/mol. The van der Waals surface area contributed by atoms with E-state index in [9.17, 15) is 14.4 Å². The molecule has 1 heterocycles. The number of aryl methyl sites for hydroxylation is 1. The highest BCUT2D eigenvalue weighted by Crippen LogP contribution is 2.19. The molecule has 2 aromatic rings. The number of urea groups is 1. The molecule has 0 aliphatic carbocycles. The lowest BCUT2D eigenvalue weighted by Gasteiger charge is -2.29. The minimum Gasteiger partial charge on any atom is -0.492 e. The normalized spacial score (nSPS) is 20.0. The molecule has 0 saturated carbocycles. The second kappa shape index (κ2) is 15.9. The molecule has 1 aliphatic heterocycles. The van der Waals surface area contributed by atoms with Crippen molar-refractivity contribution in [2.45, 2.75) is 71.4 Å². The lowest BCUT2D eigenvalue weighted by Crippen LogP contribution is -2.57. The number of rotatable bonds is 7. The molecule has 3 N–H and O–H groups in total. The predicted octanol–water partition coefficient (Wildman–Crippen LogP) is 4.08. The third-order valence-corrected chi connectivity index (χ3v) is 6.79. The molecule has 0 radical (unpaired) electrons. The van der Waals surface area contributed by atoms with Crippen LogP contribution in [0.5, 0.6) is 5.75 Å². The van der Waals surface area contributed by atoms with E-state index in [0.29, 0.717) is 45.5 Å². The molecule has 1 aliphatic rings. The van der Waals surface area contributed by atoms with Gasteiger partial charge in [-0.25, -0.2) is 4.79 Å². The molecule has 0 saturated heterocycles. The first kappa shape index (κ1) is 30.2. The number of nitrogens with zero attached hydrogens (tertiary/aromatic N) is 1. The summed E-state index contributed by atoms with van der Waals surface area (Å²) in [5.74, 6) is 0.513. The van der Waals surface area contributed by atoms with Crippen LogP contribution in [0.3, 0.4) is 0 Å². The van der Waals surface area contributed by atoms with Crippen molar-refractivity contribution in [2.75, 3.05) is 26.2 Å². The van der Waals surface area contributed by atoms with E-state index in [2.05, 4.69) is 29.8 Å². The van der Waals surface area contributed by atoms with Crippen molar-refractivity contribution in [1.82, 2.24) is 20.9 Å². The number of hydrogen-bond donors (Lipinski definition) is 3. The summed E-state index contributed by atoms with van der Waals surface area (Å²) in [5, 5.41) is 9.22. The Morgan fingerprint density at radius 1 is 0.974 bits per heavy atom. The second-order valence-electron chi connectivity index (χ2n) is 10.5. The highest BCUT2D eigenvalue weighted by atomic mass is 16.5. The molecule has 0 spiro atoms. The van der Waals surface area contributed by atoms with Gasteiger partial charge >= 0.3 is 6.03 Å². The molecule has 0 aromatic heterocycles. The number of amides is 4. The number of imide groups is 1. The molecule has 0 unspecified atom stereocenters. The van der Waals surface area contributed by atoms with Gasteiger partial charge in [0.25, 0.3) is 0 Å². The van der Waals surface area contributed by atoms with Crippen LogP contribution in [-0.2, 0) is 22.4 Å². The second-order valence-corrected chi connectivity index (χ2v) is 10.5. The molecule has 4 amide bonds. The van der Waals surface area contributed by atoms with Crippen molar-refractivity contribution < 1.29 is 19.1 Å². The number of ether oxygens (including phenoxy) is 1. The van der Waals surface area contributed by atoms with E-state index in [0.717, 1.165) is 36.1 Å². The van der Waals surface area contributed by atoms with Crippen molar-refractivity contribution in [3.63, 3.8) is 0 Å². The monoisotopic (exact) mass is 536 g/mol. The summed E-state index contributed by atoms with van der Waals surface area (Å²) in [7, 11) is 0. The number of hydrogen-bond acceptors (Lipinski definition) is 5. The Bertz CT molecular complexity index is 1060. The molecule has 8 nitrogen and oxygen atoms in total. The highest BCUT2D eigenvalue weighted by molar-refractivity contribution is 5.98. The SMILES string of the molecule is CCCCN1C(=O)N[C@@H](Cc2ccccc2)C(=O)NCCCc2ccccc2OCCN[C@@H](CC(C)C)C1=O. The first-order chi connectivity index (χ1) is 18.9. The summed E-state index contributed by atoms with van der Waals surface area (Å²) in [6.07, 6.45) is 3.91. The van der Waals surface area contributed by atoms with E-state index in [4.69, 9.17) is 4.74 Å². The molecule has 212 valence electrons. The number of carbonyl (C=O) groups excluding carboxylic acids is 3. The minimum atomic E-state index is -0.806. The largest absolute Gasteiger partial charge is 0.492 e. The van der Waals surface area contributed by atoms with E-state index >= 15 is 0 Å². The van der Waals surface area contributed by atoms with Crippen LogP contribution in [0.1, 0.15) is 57.6 Å². The molecule has 2 aromatic carbocycles. The van der Waals surface area contributed by atoms with Gasteiger partial charge in [-0.1, -0.05) is 75.7 Å². The van der Waals surface area contributed by atoms with Crippen LogP contribution in [0.2, 0.25) is 0 Å². The summed E-state index contributed by atoms with van der Waals surface area (Å²) < 4.78 is 6.07. The van der Waals surface area contributed by atoms with Gasteiger partial charge in [-0.05, 0) is 48.8 Å². The first-order valence-electron chi connectivity index (χ1n) is 14.3. The molecular weight excluding hydrogens is 492 g/mol. The van der Waals surface area contributed by atoms with Crippen LogP contribution in [0, 0.1) is 5.92 Å². The van der Waals surface area contributed by atoms with Crippen LogP contribution in [0.4, 0.5) is 4.79 Å². The summed E-state index contributed by atoms with van der Waals surface area (Å²) in [6, 6.07) is 15.6. The van der Waals surface area contributed by atoms with Crippen molar-refractivity contribution in [1.29, 1.82) is 0 Å². The average Bonchev–Trinajstić information content (AvgIpc) is 2.93. The van der Waals surface area contributed by atoms with E-state index in [1.54, 1.807) is 0 Å². The smallest absolute Gasteiger partial charge is 0.324 e. The van der Waals surface area contributed by atoms with Crippen molar-refractivity contribution in [2.24, 2.45) is 5.92 Å². The quantitative estimate of drug-likeness (QED) is 0.495. The van der Waals surface area contributed by atoms with E-state index in [1.807, 2.05) is 61.5 Å². The van der Waals surface area contributed by atoms with Crippen LogP contribution >= 0.6 is 0 Å². The molecule has 0 fully saturated rings. The zero-order valence-corrected chi connectivity index (χ0v) is 23.6. The Kier molecular flexibility index (Phi) is 12.3. The van der Waals surface area contributed by atoms with Gasteiger partial charge in [-0.2, -0.15) is 0 Å². The number of carbonyl (C=O) groups is 3. The third-order valence-electron chi connectivity index (χ3n) is 6.79. The number of para-hydroxylation sites is 1. The topological polar surface area (TPSA) is 99.8 Å². The van der Waals surface area contributed by atoms with Gasteiger partial charge in [-0.3, -0.25) is 14.5 Å². The minimum absolute atomic E-state index is 0.245. The lowest BCUT2D eigenvalue weighted by atomic mass is 10.0.